The van der Waals surface area contributed by atoms with Crippen LogP contribution in [0.3, 0.4) is 0 Å². The fourth-order valence-corrected chi connectivity index (χ4v) is 4.93. The first-order valence-electron chi connectivity index (χ1n) is 9.35. The number of hydrogen-bond acceptors (Lipinski definition) is 6. The lowest BCUT2D eigenvalue weighted by Gasteiger charge is -2.18. The average molecular weight is 459 g/mol. The number of amides is 2. The number of halogens is 1. The number of anilines is 2. The van der Waals surface area contributed by atoms with Gasteiger partial charge >= 0.3 is 0 Å². The number of thiophene rings is 1. The van der Waals surface area contributed by atoms with Gasteiger partial charge in [0.25, 0.3) is 5.91 Å². The Morgan fingerprint density at radius 3 is 2.77 bits per heavy atom. The molecule has 0 unspecified atom stereocenters. The number of carbonyl (C=O) groups excluding carboxylic acids is 2. The minimum absolute atomic E-state index is 0.0666. The van der Waals surface area contributed by atoms with Gasteiger partial charge in [0.2, 0.25) is 5.91 Å². The van der Waals surface area contributed by atoms with Crippen molar-refractivity contribution in [1.82, 2.24) is 9.97 Å². The maximum atomic E-state index is 13.0. The molecule has 1 aromatic carbocycles. The third-order valence-corrected chi connectivity index (χ3v) is 6.64. The number of carbonyl (C=O) groups is 2. The Hall–Kier alpha value is -2.42. The number of nitrogens with one attached hydrogen (secondary N) is 1. The van der Waals surface area contributed by atoms with Crippen molar-refractivity contribution in [3.8, 4) is 10.7 Å². The predicted octanol–water partition coefficient (Wildman–Crippen LogP) is 5.27. The van der Waals surface area contributed by atoms with Crippen LogP contribution in [0.2, 0.25) is 5.02 Å². The van der Waals surface area contributed by atoms with Crippen molar-refractivity contribution in [2.75, 3.05) is 23.0 Å². The van der Waals surface area contributed by atoms with Crippen molar-refractivity contribution >= 4 is 57.9 Å². The number of rotatable bonds is 5. The SMILES string of the molecule is CSc1nc(-c2cccs2)nc(C)c1C(=O)Nc1ccc(N2CCCC2=O)c(Cl)c1. The van der Waals surface area contributed by atoms with Crippen molar-refractivity contribution < 1.29 is 9.59 Å². The maximum absolute atomic E-state index is 13.0. The summed E-state index contributed by atoms with van der Waals surface area (Å²) in [5.41, 5.74) is 2.27. The number of benzene rings is 1. The smallest absolute Gasteiger partial charge is 0.260 e. The Morgan fingerprint density at radius 1 is 1.30 bits per heavy atom. The summed E-state index contributed by atoms with van der Waals surface area (Å²) in [5.74, 6) is 0.388. The summed E-state index contributed by atoms with van der Waals surface area (Å²) in [6, 6.07) is 9.08. The molecule has 2 aromatic heterocycles. The monoisotopic (exact) mass is 458 g/mol. The Labute approximate surface area is 187 Å². The average Bonchev–Trinajstić information content (AvgIpc) is 3.39. The zero-order chi connectivity index (χ0) is 21.3. The fourth-order valence-electron chi connectivity index (χ4n) is 3.37. The van der Waals surface area contributed by atoms with Crippen LogP contribution in [-0.2, 0) is 4.79 Å². The zero-order valence-electron chi connectivity index (χ0n) is 16.4. The quantitative estimate of drug-likeness (QED) is 0.416. The molecule has 0 aliphatic carbocycles. The largest absolute Gasteiger partial charge is 0.322 e. The van der Waals surface area contributed by atoms with Gasteiger partial charge in [-0.15, -0.1) is 23.1 Å². The third-order valence-electron chi connectivity index (χ3n) is 4.79. The van der Waals surface area contributed by atoms with E-state index < -0.39 is 0 Å². The van der Waals surface area contributed by atoms with Crippen LogP contribution in [-0.4, -0.2) is 34.6 Å². The second-order valence-electron chi connectivity index (χ2n) is 6.76. The molecule has 6 nitrogen and oxygen atoms in total. The Kier molecular flexibility index (Phi) is 6.08. The van der Waals surface area contributed by atoms with Gasteiger partial charge in [0.1, 0.15) is 5.03 Å². The van der Waals surface area contributed by atoms with Gasteiger partial charge < -0.3 is 10.2 Å². The highest BCUT2D eigenvalue weighted by Crippen LogP contribution is 2.32. The first-order valence-corrected chi connectivity index (χ1v) is 11.8. The third kappa shape index (κ3) is 4.08. The van der Waals surface area contributed by atoms with Crippen LogP contribution >= 0.6 is 34.7 Å². The summed E-state index contributed by atoms with van der Waals surface area (Å²) in [6.45, 7) is 2.47. The molecule has 154 valence electrons. The van der Waals surface area contributed by atoms with E-state index in [0.717, 1.165) is 11.3 Å². The lowest BCUT2D eigenvalue weighted by Crippen LogP contribution is -2.24. The molecule has 1 fully saturated rings. The molecule has 1 aliphatic rings. The number of hydrogen-bond donors (Lipinski definition) is 1. The first kappa shape index (κ1) is 20.8. The van der Waals surface area contributed by atoms with Crippen LogP contribution in [0.4, 0.5) is 11.4 Å². The highest BCUT2D eigenvalue weighted by Gasteiger charge is 2.24. The van der Waals surface area contributed by atoms with E-state index in [9.17, 15) is 9.59 Å². The van der Waals surface area contributed by atoms with E-state index in [1.54, 1.807) is 34.4 Å². The minimum atomic E-state index is -0.296. The topological polar surface area (TPSA) is 75.2 Å². The van der Waals surface area contributed by atoms with E-state index in [0.29, 0.717) is 51.5 Å². The Bertz CT molecular complexity index is 1120. The molecule has 1 aliphatic heterocycles. The zero-order valence-corrected chi connectivity index (χ0v) is 18.8. The molecule has 3 aromatic rings. The molecule has 3 heterocycles. The standard InChI is InChI=1S/C21H19ClN4O2S2/c1-12-18(21(29-2)25-19(23-12)16-5-4-10-30-16)20(28)24-13-7-8-15(14(22)11-13)26-9-3-6-17(26)27/h4-5,7-8,10-11H,3,6,9H2,1-2H3,(H,24,28). The summed E-state index contributed by atoms with van der Waals surface area (Å²) < 4.78 is 0. The first-order chi connectivity index (χ1) is 14.5. The van der Waals surface area contributed by atoms with Crippen LogP contribution in [0.25, 0.3) is 10.7 Å². The normalized spacial score (nSPS) is 13.7. The summed E-state index contributed by atoms with van der Waals surface area (Å²) in [6.07, 6.45) is 3.24. The van der Waals surface area contributed by atoms with Gasteiger partial charge in [-0.2, -0.15) is 0 Å². The molecule has 9 heteroatoms. The lowest BCUT2D eigenvalue weighted by atomic mass is 10.2. The fraction of sp³-hybridized carbons (Fsp3) is 0.238. The molecule has 0 bridgehead atoms. The summed E-state index contributed by atoms with van der Waals surface area (Å²) in [7, 11) is 0. The van der Waals surface area contributed by atoms with Crippen LogP contribution in [0.1, 0.15) is 28.9 Å². The van der Waals surface area contributed by atoms with Crippen LogP contribution in [0.15, 0.2) is 40.7 Å². The molecular formula is C21H19ClN4O2S2. The van der Waals surface area contributed by atoms with Crippen LogP contribution < -0.4 is 10.2 Å². The van der Waals surface area contributed by atoms with E-state index >= 15 is 0 Å². The van der Waals surface area contributed by atoms with E-state index in [2.05, 4.69) is 15.3 Å². The highest BCUT2D eigenvalue weighted by atomic mass is 35.5. The molecular weight excluding hydrogens is 440 g/mol. The lowest BCUT2D eigenvalue weighted by molar-refractivity contribution is -0.117. The Balaban J connectivity index is 1.59. The van der Waals surface area contributed by atoms with Gasteiger partial charge in [-0.1, -0.05) is 17.7 Å². The summed E-state index contributed by atoms with van der Waals surface area (Å²) in [5, 5.41) is 5.89. The second kappa shape index (κ2) is 8.75. The van der Waals surface area contributed by atoms with Gasteiger partial charge in [0, 0.05) is 18.7 Å². The number of nitrogens with zero attached hydrogens (tertiary/aromatic N) is 3. The molecule has 0 saturated carbocycles. The summed E-state index contributed by atoms with van der Waals surface area (Å²) >= 11 is 9.36. The van der Waals surface area contributed by atoms with Gasteiger partial charge in [-0.25, -0.2) is 9.97 Å². The van der Waals surface area contributed by atoms with Crippen LogP contribution in [0.5, 0.6) is 0 Å². The predicted molar refractivity (Wildman–Crippen MR) is 123 cm³/mol. The highest BCUT2D eigenvalue weighted by molar-refractivity contribution is 7.98. The molecule has 30 heavy (non-hydrogen) atoms. The van der Waals surface area contributed by atoms with Crippen molar-refractivity contribution in [2.45, 2.75) is 24.8 Å². The van der Waals surface area contributed by atoms with Gasteiger partial charge in [-0.3, -0.25) is 9.59 Å². The molecule has 0 atom stereocenters. The van der Waals surface area contributed by atoms with E-state index in [1.165, 1.54) is 11.8 Å². The maximum Gasteiger partial charge on any atom is 0.260 e. The number of aryl methyl sites for hydroxylation is 1. The van der Waals surface area contributed by atoms with Crippen molar-refractivity contribution in [3.63, 3.8) is 0 Å². The van der Waals surface area contributed by atoms with Gasteiger partial charge in [0.15, 0.2) is 5.82 Å². The molecule has 0 radical (unpaired) electrons. The van der Waals surface area contributed by atoms with Crippen LogP contribution in [0, 0.1) is 6.92 Å². The molecule has 1 N–H and O–H groups in total. The van der Waals surface area contributed by atoms with E-state index in [1.807, 2.05) is 30.7 Å². The number of aromatic nitrogens is 2. The molecule has 1 saturated heterocycles. The van der Waals surface area contributed by atoms with E-state index in [4.69, 9.17) is 11.6 Å². The molecule has 2 amide bonds. The van der Waals surface area contributed by atoms with Gasteiger partial charge in [-0.05, 0) is 49.2 Å². The van der Waals surface area contributed by atoms with Gasteiger partial charge in [0.05, 0.1) is 26.8 Å². The van der Waals surface area contributed by atoms with Crippen molar-refractivity contribution in [3.05, 3.63) is 52.0 Å². The Morgan fingerprint density at radius 2 is 2.13 bits per heavy atom. The van der Waals surface area contributed by atoms with Crippen molar-refractivity contribution in [1.29, 1.82) is 0 Å². The van der Waals surface area contributed by atoms with E-state index in [-0.39, 0.29) is 11.8 Å². The molecule has 0 spiro atoms. The number of thioether (sulfide) groups is 1. The molecule has 4 rings (SSSR count). The minimum Gasteiger partial charge on any atom is -0.322 e. The van der Waals surface area contributed by atoms with Crippen molar-refractivity contribution in [2.24, 2.45) is 0 Å². The second-order valence-corrected chi connectivity index (χ2v) is 8.91. The summed E-state index contributed by atoms with van der Waals surface area (Å²) in [4.78, 5) is 36.7.